The zero-order valence-corrected chi connectivity index (χ0v) is 10.9. The highest BCUT2D eigenvalue weighted by atomic mass is 32.1. The number of hydrogen-bond acceptors (Lipinski definition) is 4. The van der Waals surface area contributed by atoms with Crippen LogP contribution in [-0.2, 0) is 0 Å². The van der Waals surface area contributed by atoms with Crippen molar-refractivity contribution in [2.24, 2.45) is 5.73 Å². The molecule has 1 aromatic rings. The lowest BCUT2D eigenvalue weighted by Crippen LogP contribution is -2.46. The van der Waals surface area contributed by atoms with Gasteiger partial charge < -0.3 is 16.2 Å². The number of aromatic carboxylic acids is 1. The minimum atomic E-state index is -0.859. The largest absolute Gasteiger partial charge is 0.478 e. The lowest BCUT2D eigenvalue weighted by atomic mass is 9.94. The minimum Gasteiger partial charge on any atom is -0.478 e. The number of thiophene rings is 1. The van der Waals surface area contributed by atoms with Crippen LogP contribution in [0.25, 0.3) is 0 Å². The summed E-state index contributed by atoms with van der Waals surface area (Å²) in [4.78, 5) is 12.9. The molecule has 0 bridgehead atoms. The molecule has 4 N–H and O–H groups in total. The number of piperidine rings is 1. The number of nitrogens with one attached hydrogen (secondary N) is 1. The standard InChI is InChI=1S/C12H18N2O2S/c1-6-3-4-9(13)11(14-6)10-5-8(12(15)16)7(2)17-10/h5-6,9,11,14H,3-4,13H2,1-2H3,(H,15,16). The van der Waals surface area contributed by atoms with Gasteiger partial charge in [0.15, 0.2) is 0 Å². The van der Waals surface area contributed by atoms with Gasteiger partial charge in [0, 0.05) is 21.8 Å². The van der Waals surface area contributed by atoms with Crippen LogP contribution in [0.2, 0.25) is 0 Å². The second-order valence-electron chi connectivity index (χ2n) is 4.71. The number of carboxylic acids is 1. The molecule has 0 radical (unpaired) electrons. The van der Waals surface area contributed by atoms with Crippen molar-refractivity contribution in [3.8, 4) is 0 Å². The molecule has 1 aliphatic rings. The van der Waals surface area contributed by atoms with Crippen molar-refractivity contribution in [2.45, 2.75) is 44.8 Å². The first-order valence-corrected chi connectivity index (χ1v) is 6.66. The summed E-state index contributed by atoms with van der Waals surface area (Å²) >= 11 is 1.53. The van der Waals surface area contributed by atoms with Gasteiger partial charge in [0.2, 0.25) is 0 Å². The van der Waals surface area contributed by atoms with Gasteiger partial charge in [-0.3, -0.25) is 0 Å². The second kappa shape index (κ2) is 4.76. The van der Waals surface area contributed by atoms with E-state index in [2.05, 4.69) is 12.2 Å². The summed E-state index contributed by atoms with van der Waals surface area (Å²) in [6, 6.07) is 2.37. The van der Waals surface area contributed by atoms with Crippen LogP contribution < -0.4 is 11.1 Å². The Balaban J connectivity index is 2.26. The molecular formula is C12H18N2O2S. The van der Waals surface area contributed by atoms with Crippen molar-refractivity contribution in [1.82, 2.24) is 5.32 Å². The fourth-order valence-electron chi connectivity index (χ4n) is 2.29. The summed E-state index contributed by atoms with van der Waals surface area (Å²) in [6.45, 7) is 3.98. The van der Waals surface area contributed by atoms with Gasteiger partial charge in [-0.1, -0.05) is 0 Å². The van der Waals surface area contributed by atoms with Crippen LogP contribution in [0, 0.1) is 6.92 Å². The molecule has 94 valence electrons. The molecule has 1 aliphatic heterocycles. The van der Waals surface area contributed by atoms with E-state index in [1.54, 1.807) is 6.07 Å². The quantitative estimate of drug-likeness (QED) is 0.753. The minimum absolute atomic E-state index is 0.0749. The number of hydrogen-bond donors (Lipinski definition) is 3. The average molecular weight is 254 g/mol. The molecule has 0 amide bonds. The van der Waals surface area contributed by atoms with E-state index in [0.29, 0.717) is 11.6 Å². The lowest BCUT2D eigenvalue weighted by Gasteiger charge is -2.33. The number of aryl methyl sites for hydroxylation is 1. The summed E-state index contributed by atoms with van der Waals surface area (Å²) in [7, 11) is 0. The van der Waals surface area contributed by atoms with Gasteiger partial charge in [-0.25, -0.2) is 4.79 Å². The fourth-order valence-corrected chi connectivity index (χ4v) is 3.44. The van der Waals surface area contributed by atoms with Gasteiger partial charge in [0.25, 0.3) is 0 Å². The summed E-state index contributed by atoms with van der Waals surface area (Å²) < 4.78 is 0. The topological polar surface area (TPSA) is 75.3 Å². The van der Waals surface area contributed by atoms with Crippen molar-refractivity contribution in [3.05, 3.63) is 21.4 Å². The molecule has 3 unspecified atom stereocenters. The van der Waals surface area contributed by atoms with Crippen LogP contribution in [0.3, 0.4) is 0 Å². The van der Waals surface area contributed by atoms with Crippen LogP contribution in [0.1, 0.15) is 45.9 Å². The van der Waals surface area contributed by atoms with Crippen molar-refractivity contribution in [2.75, 3.05) is 0 Å². The fraction of sp³-hybridized carbons (Fsp3) is 0.583. The highest BCUT2D eigenvalue weighted by molar-refractivity contribution is 7.12. The molecule has 5 heteroatoms. The van der Waals surface area contributed by atoms with Crippen LogP contribution >= 0.6 is 11.3 Å². The molecule has 17 heavy (non-hydrogen) atoms. The highest BCUT2D eigenvalue weighted by Gasteiger charge is 2.28. The summed E-state index contributed by atoms with van der Waals surface area (Å²) in [5.41, 5.74) is 6.51. The van der Waals surface area contributed by atoms with Crippen LogP contribution in [-0.4, -0.2) is 23.2 Å². The van der Waals surface area contributed by atoms with Gasteiger partial charge in [0.05, 0.1) is 11.6 Å². The molecule has 2 rings (SSSR count). The van der Waals surface area contributed by atoms with E-state index < -0.39 is 5.97 Å². The highest BCUT2D eigenvalue weighted by Crippen LogP contribution is 2.32. The molecule has 0 aliphatic carbocycles. The van der Waals surface area contributed by atoms with E-state index in [4.69, 9.17) is 10.8 Å². The average Bonchev–Trinajstić information content (AvgIpc) is 2.64. The first-order valence-electron chi connectivity index (χ1n) is 5.84. The SMILES string of the molecule is Cc1sc(C2NC(C)CCC2N)cc1C(=O)O. The lowest BCUT2D eigenvalue weighted by molar-refractivity contribution is 0.0696. The first kappa shape index (κ1) is 12.5. The smallest absolute Gasteiger partial charge is 0.336 e. The van der Waals surface area contributed by atoms with Gasteiger partial charge in [-0.15, -0.1) is 11.3 Å². The Morgan fingerprint density at radius 2 is 2.29 bits per heavy atom. The molecule has 3 atom stereocenters. The van der Waals surface area contributed by atoms with E-state index in [1.165, 1.54) is 11.3 Å². The van der Waals surface area contributed by atoms with Crippen LogP contribution in [0.5, 0.6) is 0 Å². The Hall–Kier alpha value is -0.910. The van der Waals surface area contributed by atoms with Gasteiger partial charge in [-0.05, 0) is 32.8 Å². The van der Waals surface area contributed by atoms with Gasteiger partial charge in [-0.2, -0.15) is 0 Å². The zero-order chi connectivity index (χ0) is 12.6. The molecule has 0 spiro atoms. The Kier molecular flexibility index (Phi) is 3.51. The molecule has 1 saturated heterocycles. The Bertz CT molecular complexity index is 430. The van der Waals surface area contributed by atoms with Crippen LogP contribution in [0.4, 0.5) is 0 Å². The molecule has 0 saturated carbocycles. The number of carbonyl (C=O) groups is 1. The monoisotopic (exact) mass is 254 g/mol. The third-order valence-electron chi connectivity index (χ3n) is 3.30. The van der Waals surface area contributed by atoms with Crippen molar-refractivity contribution in [3.63, 3.8) is 0 Å². The molecule has 1 fully saturated rings. The van der Waals surface area contributed by atoms with Crippen LogP contribution in [0.15, 0.2) is 6.07 Å². The predicted octanol–water partition coefficient (Wildman–Crippen LogP) is 1.90. The summed E-state index contributed by atoms with van der Waals surface area (Å²) in [5, 5.41) is 12.5. The van der Waals surface area contributed by atoms with Gasteiger partial charge >= 0.3 is 5.97 Å². The Morgan fingerprint density at radius 1 is 1.59 bits per heavy atom. The maximum atomic E-state index is 11.0. The van der Waals surface area contributed by atoms with E-state index in [-0.39, 0.29) is 12.1 Å². The molecular weight excluding hydrogens is 236 g/mol. The maximum absolute atomic E-state index is 11.0. The van der Waals surface area contributed by atoms with E-state index in [9.17, 15) is 4.79 Å². The van der Waals surface area contributed by atoms with Crippen molar-refractivity contribution < 1.29 is 9.90 Å². The Morgan fingerprint density at radius 3 is 2.88 bits per heavy atom. The molecule has 2 heterocycles. The predicted molar refractivity (Wildman–Crippen MR) is 68.6 cm³/mol. The second-order valence-corrected chi connectivity index (χ2v) is 6.00. The third kappa shape index (κ3) is 2.51. The van der Waals surface area contributed by atoms with Crippen molar-refractivity contribution in [1.29, 1.82) is 0 Å². The summed E-state index contributed by atoms with van der Waals surface area (Å²) in [5.74, 6) is -0.859. The number of carboxylic acid groups (broad SMARTS) is 1. The first-order chi connectivity index (χ1) is 7.99. The van der Waals surface area contributed by atoms with Gasteiger partial charge in [0.1, 0.15) is 0 Å². The Labute approximate surface area is 105 Å². The maximum Gasteiger partial charge on any atom is 0.336 e. The normalized spacial score (nSPS) is 29.2. The third-order valence-corrected chi connectivity index (χ3v) is 4.43. The molecule has 0 aromatic carbocycles. The number of nitrogens with two attached hydrogens (primary N) is 1. The molecule has 4 nitrogen and oxygen atoms in total. The van der Waals surface area contributed by atoms with E-state index in [1.807, 2.05) is 6.92 Å². The number of rotatable bonds is 2. The zero-order valence-electron chi connectivity index (χ0n) is 10.1. The summed E-state index contributed by atoms with van der Waals surface area (Å²) in [6.07, 6.45) is 2.06. The van der Waals surface area contributed by atoms with E-state index >= 15 is 0 Å². The van der Waals surface area contributed by atoms with Crippen molar-refractivity contribution >= 4 is 17.3 Å². The van der Waals surface area contributed by atoms with E-state index in [0.717, 1.165) is 22.6 Å². The molecule has 1 aromatic heterocycles.